The molecule has 0 aliphatic heterocycles. The van der Waals surface area contributed by atoms with E-state index in [0.29, 0.717) is 19.6 Å². The Morgan fingerprint density at radius 3 is 2.59 bits per heavy atom. The first-order valence-corrected chi connectivity index (χ1v) is 7.44. The van der Waals surface area contributed by atoms with Gasteiger partial charge in [0.2, 0.25) is 10.0 Å². The highest BCUT2D eigenvalue weighted by atomic mass is 32.2. The maximum absolute atomic E-state index is 11.4. The lowest BCUT2D eigenvalue weighted by atomic mass is 10.3. The molecule has 0 amide bonds. The molecule has 1 aromatic rings. The minimum Gasteiger partial charge on any atom is -0.492 e. The number of hydrogen-bond donors (Lipinski definition) is 1. The van der Waals surface area contributed by atoms with Crippen LogP contribution in [-0.2, 0) is 10.0 Å². The molecule has 1 rings (SSSR count). The monoisotopic (exact) mass is 257 g/mol. The fourth-order valence-electron chi connectivity index (χ4n) is 1.29. The Bertz CT molecular complexity index is 403. The molecule has 96 valence electrons. The summed E-state index contributed by atoms with van der Waals surface area (Å²) in [7, 11) is -3.13. The smallest absolute Gasteiger partial charge is 0.211 e. The van der Waals surface area contributed by atoms with Gasteiger partial charge in [0.15, 0.2) is 0 Å². The van der Waals surface area contributed by atoms with Crippen LogP contribution in [-0.4, -0.2) is 27.3 Å². The summed E-state index contributed by atoms with van der Waals surface area (Å²) in [5.41, 5.74) is 0. The second kappa shape index (κ2) is 7.29. The molecular weight excluding hydrogens is 238 g/mol. The second-order valence-electron chi connectivity index (χ2n) is 3.73. The Kier molecular flexibility index (Phi) is 6.00. The van der Waals surface area contributed by atoms with Crippen molar-refractivity contribution in [1.29, 1.82) is 0 Å². The molecule has 1 N–H and O–H groups in total. The van der Waals surface area contributed by atoms with Gasteiger partial charge in [-0.15, -0.1) is 0 Å². The second-order valence-corrected chi connectivity index (χ2v) is 5.65. The average molecular weight is 257 g/mol. The summed E-state index contributed by atoms with van der Waals surface area (Å²) >= 11 is 0. The van der Waals surface area contributed by atoms with E-state index in [1.165, 1.54) is 0 Å². The lowest BCUT2D eigenvalue weighted by Gasteiger charge is -2.07. The van der Waals surface area contributed by atoms with Crippen molar-refractivity contribution in [3.63, 3.8) is 0 Å². The van der Waals surface area contributed by atoms with Gasteiger partial charge in [0.05, 0.1) is 5.75 Å². The summed E-state index contributed by atoms with van der Waals surface area (Å²) in [4.78, 5) is 0. The molecule has 0 radical (unpaired) electrons. The lowest BCUT2D eigenvalue weighted by Crippen LogP contribution is -2.30. The Morgan fingerprint density at radius 2 is 1.94 bits per heavy atom. The van der Waals surface area contributed by atoms with Gasteiger partial charge in [-0.1, -0.05) is 31.5 Å². The molecule has 1 aromatic carbocycles. The number of nitrogens with one attached hydrogen (secondary N) is 1. The standard InChI is InChI=1S/C12H19NO3S/c1-2-3-11-17(14,15)13-9-10-16-12-7-5-4-6-8-12/h4-8,13H,2-3,9-11H2,1H3. The van der Waals surface area contributed by atoms with Crippen LogP contribution >= 0.6 is 0 Å². The Labute approximate surface area is 103 Å². The molecule has 5 heteroatoms. The molecule has 0 aromatic heterocycles. The lowest BCUT2D eigenvalue weighted by molar-refractivity contribution is 0.323. The maximum Gasteiger partial charge on any atom is 0.211 e. The van der Waals surface area contributed by atoms with E-state index in [4.69, 9.17) is 4.74 Å². The van der Waals surface area contributed by atoms with Crippen LogP contribution in [0, 0.1) is 0 Å². The van der Waals surface area contributed by atoms with Gasteiger partial charge in [0.1, 0.15) is 12.4 Å². The van der Waals surface area contributed by atoms with Gasteiger partial charge in [-0.2, -0.15) is 0 Å². The Morgan fingerprint density at radius 1 is 1.24 bits per heavy atom. The van der Waals surface area contributed by atoms with Crippen LogP contribution in [0.1, 0.15) is 19.8 Å². The zero-order chi connectivity index (χ0) is 12.6. The third kappa shape index (κ3) is 6.28. The zero-order valence-corrected chi connectivity index (χ0v) is 10.9. The number of para-hydroxylation sites is 1. The van der Waals surface area contributed by atoms with E-state index >= 15 is 0 Å². The van der Waals surface area contributed by atoms with Gasteiger partial charge in [-0.25, -0.2) is 13.1 Å². The fourth-order valence-corrected chi connectivity index (χ4v) is 2.50. The van der Waals surface area contributed by atoms with Crippen LogP contribution in [0.25, 0.3) is 0 Å². The quantitative estimate of drug-likeness (QED) is 0.722. The SMILES string of the molecule is CCCCS(=O)(=O)NCCOc1ccccc1. The van der Waals surface area contributed by atoms with Crippen LogP contribution in [0.5, 0.6) is 5.75 Å². The van der Waals surface area contributed by atoms with Gasteiger partial charge in [-0.3, -0.25) is 0 Å². The van der Waals surface area contributed by atoms with E-state index in [1.54, 1.807) is 0 Å². The molecule has 0 bridgehead atoms. The predicted octanol–water partition coefficient (Wildman–Crippen LogP) is 1.78. The summed E-state index contributed by atoms with van der Waals surface area (Å²) in [5.74, 6) is 0.940. The highest BCUT2D eigenvalue weighted by Gasteiger charge is 2.07. The van der Waals surface area contributed by atoms with Crippen LogP contribution in [0.2, 0.25) is 0 Å². The summed E-state index contributed by atoms with van der Waals surface area (Å²) in [6.07, 6.45) is 1.57. The van der Waals surface area contributed by atoms with Gasteiger partial charge in [0.25, 0.3) is 0 Å². The number of ether oxygens (including phenoxy) is 1. The zero-order valence-electron chi connectivity index (χ0n) is 10.1. The van der Waals surface area contributed by atoms with Crippen LogP contribution < -0.4 is 9.46 Å². The predicted molar refractivity (Wildman–Crippen MR) is 68.6 cm³/mol. The minimum absolute atomic E-state index is 0.189. The van der Waals surface area contributed by atoms with Gasteiger partial charge in [-0.05, 0) is 18.6 Å². The van der Waals surface area contributed by atoms with E-state index in [2.05, 4.69) is 4.72 Å². The number of hydrogen-bond acceptors (Lipinski definition) is 3. The molecule has 0 spiro atoms. The van der Waals surface area contributed by atoms with Crippen molar-refractivity contribution in [3.8, 4) is 5.75 Å². The van der Waals surface area contributed by atoms with E-state index < -0.39 is 10.0 Å². The first kappa shape index (κ1) is 14.0. The normalized spacial score (nSPS) is 11.4. The molecule has 0 unspecified atom stereocenters. The number of benzene rings is 1. The van der Waals surface area contributed by atoms with Crippen molar-refractivity contribution in [2.24, 2.45) is 0 Å². The molecule has 17 heavy (non-hydrogen) atoms. The third-order valence-electron chi connectivity index (χ3n) is 2.20. The third-order valence-corrected chi connectivity index (χ3v) is 3.67. The summed E-state index contributed by atoms with van der Waals surface area (Å²) in [6, 6.07) is 9.33. The topological polar surface area (TPSA) is 55.4 Å². The maximum atomic E-state index is 11.4. The average Bonchev–Trinajstić information content (AvgIpc) is 2.34. The van der Waals surface area contributed by atoms with Gasteiger partial charge in [0, 0.05) is 6.54 Å². The van der Waals surface area contributed by atoms with E-state index in [-0.39, 0.29) is 5.75 Å². The number of unbranched alkanes of at least 4 members (excludes halogenated alkanes) is 1. The van der Waals surface area contributed by atoms with Crippen molar-refractivity contribution in [1.82, 2.24) is 4.72 Å². The largest absolute Gasteiger partial charge is 0.492 e. The van der Waals surface area contributed by atoms with Crippen molar-refractivity contribution >= 4 is 10.0 Å². The highest BCUT2D eigenvalue weighted by molar-refractivity contribution is 7.89. The first-order valence-electron chi connectivity index (χ1n) is 5.79. The van der Waals surface area contributed by atoms with E-state index in [9.17, 15) is 8.42 Å². The van der Waals surface area contributed by atoms with Crippen molar-refractivity contribution in [2.75, 3.05) is 18.9 Å². The Balaban J connectivity index is 2.20. The van der Waals surface area contributed by atoms with Gasteiger partial charge >= 0.3 is 0 Å². The first-order chi connectivity index (χ1) is 8.14. The molecule has 4 nitrogen and oxygen atoms in total. The molecule has 0 saturated carbocycles. The summed E-state index contributed by atoms with van der Waals surface area (Å²) in [6.45, 7) is 2.62. The van der Waals surface area contributed by atoms with Crippen molar-refractivity contribution < 1.29 is 13.2 Å². The fraction of sp³-hybridized carbons (Fsp3) is 0.500. The summed E-state index contributed by atoms with van der Waals surface area (Å²) in [5, 5.41) is 0. The van der Waals surface area contributed by atoms with Crippen LogP contribution in [0.3, 0.4) is 0 Å². The van der Waals surface area contributed by atoms with Gasteiger partial charge < -0.3 is 4.74 Å². The molecule has 0 aliphatic rings. The van der Waals surface area contributed by atoms with Crippen molar-refractivity contribution in [3.05, 3.63) is 30.3 Å². The Hall–Kier alpha value is -1.07. The van der Waals surface area contributed by atoms with Crippen LogP contribution in [0.4, 0.5) is 0 Å². The van der Waals surface area contributed by atoms with Crippen molar-refractivity contribution in [2.45, 2.75) is 19.8 Å². The molecule has 0 heterocycles. The minimum atomic E-state index is -3.13. The molecule has 0 fully saturated rings. The molecule has 0 aliphatic carbocycles. The van der Waals surface area contributed by atoms with E-state index in [1.807, 2.05) is 37.3 Å². The molecular formula is C12H19NO3S. The highest BCUT2D eigenvalue weighted by Crippen LogP contribution is 2.07. The number of sulfonamides is 1. The molecule has 0 saturated heterocycles. The van der Waals surface area contributed by atoms with E-state index in [0.717, 1.165) is 12.2 Å². The summed E-state index contributed by atoms with van der Waals surface area (Å²) < 4.78 is 30.8. The van der Waals surface area contributed by atoms with Crippen LogP contribution in [0.15, 0.2) is 30.3 Å². The molecule has 0 atom stereocenters. The number of rotatable bonds is 8.